The fourth-order valence-corrected chi connectivity index (χ4v) is 5.98. The second-order valence-corrected chi connectivity index (χ2v) is 10.8. The molecular formula is C28H32P2Pd. The van der Waals surface area contributed by atoms with E-state index in [1.54, 1.807) is 0 Å². The van der Waals surface area contributed by atoms with Gasteiger partial charge in [-0.1, -0.05) is 121 Å². The van der Waals surface area contributed by atoms with Gasteiger partial charge >= 0.3 is 20.4 Å². The molecule has 0 unspecified atom stereocenters. The van der Waals surface area contributed by atoms with Crippen molar-refractivity contribution in [1.29, 1.82) is 0 Å². The van der Waals surface area contributed by atoms with E-state index in [4.69, 9.17) is 0 Å². The fraction of sp³-hybridized carbons (Fsp3) is 0.0714. The summed E-state index contributed by atoms with van der Waals surface area (Å²) in [5, 5.41) is 5.75. The van der Waals surface area contributed by atoms with Gasteiger partial charge in [0.25, 0.3) is 0 Å². The maximum Gasteiger partial charge on any atom is 2.00 e. The quantitative estimate of drug-likeness (QED) is 0.161. The van der Waals surface area contributed by atoms with Crippen molar-refractivity contribution in [3.63, 3.8) is 0 Å². The molecule has 0 aliphatic rings. The van der Waals surface area contributed by atoms with Crippen molar-refractivity contribution in [2.24, 2.45) is 0 Å². The summed E-state index contributed by atoms with van der Waals surface area (Å²) >= 11 is 0. The van der Waals surface area contributed by atoms with E-state index in [2.05, 4.69) is 135 Å². The monoisotopic (exact) mass is 536 g/mol. The summed E-state index contributed by atoms with van der Waals surface area (Å²) in [6.45, 7) is 4.61. The van der Waals surface area contributed by atoms with Crippen LogP contribution in [0.1, 0.15) is 0 Å². The topological polar surface area (TPSA) is 0 Å². The molecule has 31 heavy (non-hydrogen) atoms. The molecule has 0 bridgehead atoms. The smallest absolute Gasteiger partial charge is 0.358 e. The standard InChI is InChI=1S/2C13H13P.2CH3.Pd/c2*1-14(12-8-4-2-5-9-12)13-10-6-3-7-11-13;;;/h2*2-11H,1H3;2*1H3;/q;;2*-1;+2. The van der Waals surface area contributed by atoms with Crippen LogP contribution in [0.3, 0.4) is 0 Å². The van der Waals surface area contributed by atoms with Crippen molar-refractivity contribution < 1.29 is 20.4 Å². The van der Waals surface area contributed by atoms with E-state index in [-0.39, 0.29) is 51.1 Å². The Hall–Kier alpha value is -1.60. The first kappa shape index (κ1) is 29.4. The first-order valence-corrected chi connectivity index (χ1v) is 13.0. The molecule has 0 aliphatic heterocycles. The van der Waals surface area contributed by atoms with E-state index in [1.165, 1.54) is 21.2 Å². The van der Waals surface area contributed by atoms with Crippen LogP contribution in [-0.2, 0) is 20.4 Å². The third-order valence-electron chi connectivity index (χ3n) is 4.57. The van der Waals surface area contributed by atoms with Crippen LogP contribution in [0, 0.1) is 14.9 Å². The van der Waals surface area contributed by atoms with Crippen LogP contribution >= 0.6 is 15.8 Å². The van der Waals surface area contributed by atoms with Crippen LogP contribution in [0.15, 0.2) is 121 Å². The van der Waals surface area contributed by atoms with Gasteiger partial charge in [0, 0.05) is 0 Å². The zero-order valence-electron chi connectivity index (χ0n) is 18.8. The SMILES string of the molecule is CP(c1ccccc1)c1ccccc1.CP(c1ccccc1)c1ccccc1.[CH3-].[CH3-].[Pd+2]. The Balaban J connectivity index is 0.000000529. The maximum atomic E-state index is 2.31. The zero-order chi connectivity index (χ0) is 19.6. The summed E-state index contributed by atoms with van der Waals surface area (Å²) in [6, 6.07) is 42.8. The molecule has 0 amide bonds. The molecular weight excluding hydrogens is 505 g/mol. The maximum absolute atomic E-state index is 2.31. The minimum Gasteiger partial charge on any atom is -0.358 e. The van der Waals surface area contributed by atoms with E-state index in [0.717, 1.165) is 0 Å². The van der Waals surface area contributed by atoms with Gasteiger partial charge in [0.05, 0.1) is 0 Å². The molecule has 4 aromatic carbocycles. The fourth-order valence-electron chi connectivity index (χ4n) is 2.90. The van der Waals surface area contributed by atoms with Gasteiger partial charge in [0.2, 0.25) is 0 Å². The molecule has 0 spiro atoms. The van der Waals surface area contributed by atoms with Crippen molar-refractivity contribution in [3.05, 3.63) is 136 Å². The molecule has 0 aliphatic carbocycles. The van der Waals surface area contributed by atoms with Crippen LogP contribution in [0.4, 0.5) is 0 Å². The summed E-state index contributed by atoms with van der Waals surface area (Å²) in [6.07, 6.45) is 0. The number of hydrogen-bond donors (Lipinski definition) is 0. The van der Waals surface area contributed by atoms with Gasteiger partial charge < -0.3 is 14.9 Å². The van der Waals surface area contributed by atoms with Crippen LogP contribution in [0.5, 0.6) is 0 Å². The zero-order valence-corrected chi connectivity index (χ0v) is 22.1. The molecule has 0 fully saturated rings. The van der Waals surface area contributed by atoms with Gasteiger partial charge in [-0.2, -0.15) is 0 Å². The van der Waals surface area contributed by atoms with E-state index in [9.17, 15) is 0 Å². The molecule has 0 nitrogen and oxygen atoms in total. The molecule has 4 rings (SSSR count). The van der Waals surface area contributed by atoms with Crippen molar-refractivity contribution in [2.45, 2.75) is 0 Å². The minimum absolute atomic E-state index is 0. The van der Waals surface area contributed by atoms with Gasteiger partial charge in [-0.15, -0.1) is 0 Å². The summed E-state index contributed by atoms with van der Waals surface area (Å²) < 4.78 is 0. The first-order chi connectivity index (χ1) is 13.8. The Bertz CT molecular complexity index is 770. The van der Waals surface area contributed by atoms with Gasteiger partial charge in [0.15, 0.2) is 0 Å². The van der Waals surface area contributed by atoms with Gasteiger partial charge in [-0.3, -0.25) is 0 Å². The van der Waals surface area contributed by atoms with E-state index >= 15 is 0 Å². The molecule has 164 valence electrons. The first-order valence-electron chi connectivity index (χ1n) is 9.43. The Morgan fingerprint density at radius 3 is 0.677 bits per heavy atom. The van der Waals surface area contributed by atoms with Gasteiger partial charge in [-0.25, -0.2) is 0 Å². The third-order valence-corrected chi connectivity index (χ3v) is 8.86. The number of benzene rings is 4. The van der Waals surface area contributed by atoms with Gasteiger partial charge in [0.1, 0.15) is 0 Å². The molecule has 0 atom stereocenters. The predicted molar refractivity (Wildman–Crippen MR) is 143 cm³/mol. The van der Waals surface area contributed by atoms with Gasteiger partial charge in [-0.05, 0) is 50.4 Å². The minimum atomic E-state index is -0.171. The average Bonchev–Trinajstić information content (AvgIpc) is 2.81. The van der Waals surface area contributed by atoms with E-state index < -0.39 is 0 Å². The second-order valence-electron chi connectivity index (χ2n) is 6.46. The molecule has 0 heterocycles. The largest absolute Gasteiger partial charge is 2.00 e. The second kappa shape index (κ2) is 16.1. The summed E-state index contributed by atoms with van der Waals surface area (Å²) in [4.78, 5) is 0. The summed E-state index contributed by atoms with van der Waals surface area (Å²) in [5.74, 6) is 0. The molecule has 4 aromatic rings. The normalized spacial score (nSPS) is 9.42. The van der Waals surface area contributed by atoms with E-state index in [1.807, 2.05) is 0 Å². The Labute approximate surface area is 206 Å². The van der Waals surface area contributed by atoms with E-state index in [0.29, 0.717) is 0 Å². The van der Waals surface area contributed by atoms with Crippen molar-refractivity contribution in [3.8, 4) is 0 Å². The molecule has 0 radical (unpaired) electrons. The van der Waals surface area contributed by atoms with Crippen LogP contribution in [-0.4, -0.2) is 13.3 Å². The molecule has 3 heteroatoms. The third kappa shape index (κ3) is 9.20. The van der Waals surface area contributed by atoms with Crippen LogP contribution < -0.4 is 21.2 Å². The van der Waals surface area contributed by atoms with Crippen molar-refractivity contribution in [1.82, 2.24) is 0 Å². The van der Waals surface area contributed by atoms with Crippen molar-refractivity contribution in [2.75, 3.05) is 13.3 Å². The summed E-state index contributed by atoms with van der Waals surface area (Å²) in [5.41, 5.74) is 0. The molecule has 0 saturated carbocycles. The Morgan fingerprint density at radius 2 is 0.516 bits per heavy atom. The average molecular weight is 537 g/mol. The summed E-state index contributed by atoms with van der Waals surface area (Å²) in [7, 11) is -0.342. The Morgan fingerprint density at radius 1 is 0.355 bits per heavy atom. The molecule has 0 N–H and O–H groups in total. The Kier molecular flexibility index (Phi) is 15.3. The molecule has 0 saturated heterocycles. The predicted octanol–water partition coefficient (Wildman–Crippen LogP) is 6.40. The van der Waals surface area contributed by atoms with Crippen LogP contribution in [0.2, 0.25) is 0 Å². The molecule has 0 aromatic heterocycles. The number of rotatable bonds is 4. The van der Waals surface area contributed by atoms with Crippen LogP contribution in [0.25, 0.3) is 0 Å². The number of hydrogen-bond acceptors (Lipinski definition) is 0. The van der Waals surface area contributed by atoms with Crippen molar-refractivity contribution >= 4 is 37.1 Å².